The number of aryl methyl sites for hydroxylation is 2. The van der Waals surface area contributed by atoms with E-state index in [1.54, 1.807) is 7.11 Å². The summed E-state index contributed by atoms with van der Waals surface area (Å²) in [5.41, 5.74) is 4.73. The van der Waals surface area contributed by atoms with Gasteiger partial charge in [0.05, 0.1) is 13.2 Å². The van der Waals surface area contributed by atoms with E-state index >= 15 is 0 Å². The Morgan fingerprint density at radius 3 is 2.36 bits per heavy atom. The molecule has 0 amide bonds. The second kappa shape index (κ2) is 7.27. The van der Waals surface area contributed by atoms with Crippen molar-refractivity contribution in [3.8, 4) is 5.75 Å². The van der Waals surface area contributed by atoms with Gasteiger partial charge in [0.15, 0.2) is 5.11 Å². The van der Waals surface area contributed by atoms with Crippen LogP contribution in [0.3, 0.4) is 0 Å². The smallest absolute Gasteiger partial charge is 0.171 e. The molecule has 0 unspecified atom stereocenters. The van der Waals surface area contributed by atoms with Crippen LogP contribution in [-0.4, -0.2) is 12.2 Å². The van der Waals surface area contributed by atoms with E-state index in [2.05, 4.69) is 49.6 Å². The molecular formula is C18H22N2OS. The first-order valence-electron chi connectivity index (χ1n) is 7.28. The van der Waals surface area contributed by atoms with Gasteiger partial charge in [-0.3, -0.25) is 0 Å². The third-order valence-corrected chi connectivity index (χ3v) is 3.81. The number of benzene rings is 2. The molecule has 116 valence electrons. The van der Waals surface area contributed by atoms with E-state index in [-0.39, 0.29) is 6.04 Å². The van der Waals surface area contributed by atoms with Gasteiger partial charge < -0.3 is 15.4 Å². The molecule has 0 aromatic heterocycles. The van der Waals surface area contributed by atoms with Crippen LogP contribution in [0.2, 0.25) is 0 Å². The molecule has 3 nitrogen and oxygen atoms in total. The van der Waals surface area contributed by atoms with Crippen molar-refractivity contribution in [1.82, 2.24) is 5.32 Å². The molecule has 0 radical (unpaired) electrons. The van der Waals surface area contributed by atoms with Crippen LogP contribution in [0.5, 0.6) is 5.75 Å². The summed E-state index contributed by atoms with van der Waals surface area (Å²) < 4.78 is 5.14. The SMILES string of the molecule is COc1ccc(NC(=S)N[C@@H](C)c2ccc(C)cc2C)cc1. The summed E-state index contributed by atoms with van der Waals surface area (Å²) >= 11 is 5.39. The molecule has 2 aromatic rings. The zero-order valence-corrected chi connectivity index (χ0v) is 14.3. The first-order valence-corrected chi connectivity index (χ1v) is 7.69. The van der Waals surface area contributed by atoms with Gasteiger partial charge in [0.1, 0.15) is 5.75 Å². The second-order valence-corrected chi connectivity index (χ2v) is 5.82. The highest BCUT2D eigenvalue weighted by molar-refractivity contribution is 7.80. The zero-order chi connectivity index (χ0) is 16.1. The number of methoxy groups -OCH3 is 1. The van der Waals surface area contributed by atoms with Crippen LogP contribution in [0.15, 0.2) is 42.5 Å². The van der Waals surface area contributed by atoms with Gasteiger partial charge in [0.25, 0.3) is 0 Å². The molecule has 2 aromatic carbocycles. The Balaban J connectivity index is 1.98. The largest absolute Gasteiger partial charge is 0.497 e. The van der Waals surface area contributed by atoms with Gasteiger partial charge in [-0.15, -0.1) is 0 Å². The van der Waals surface area contributed by atoms with Gasteiger partial charge in [-0.2, -0.15) is 0 Å². The average Bonchev–Trinajstić information content (AvgIpc) is 2.47. The fourth-order valence-corrected chi connectivity index (χ4v) is 2.72. The number of nitrogens with one attached hydrogen (secondary N) is 2. The third kappa shape index (κ3) is 4.21. The Morgan fingerprint density at radius 1 is 1.09 bits per heavy atom. The van der Waals surface area contributed by atoms with E-state index in [1.807, 2.05) is 24.3 Å². The van der Waals surface area contributed by atoms with Crippen molar-refractivity contribution in [3.05, 3.63) is 59.2 Å². The minimum absolute atomic E-state index is 0.152. The summed E-state index contributed by atoms with van der Waals surface area (Å²) in [4.78, 5) is 0. The summed E-state index contributed by atoms with van der Waals surface area (Å²) in [5.74, 6) is 0.827. The lowest BCUT2D eigenvalue weighted by atomic mass is 10.0. The Hall–Kier alpha value is -2.07. The molecule has 4 heteroatoms. The summed E-state index contributed by atoms with van der Waals surface area (Å²) in [6, 6.07) is 14.3. The number of hydrogen-bond donors (Lipinski definition) is 2. The second-order valence-electron chi connectivity index (χ2n) is 5.41. The molecule has 0 heterocycles. The van der Waals surface area contributed by atoms with Crippen LogP contribution in [0, 0.1) is 13.8 Å². The summed E-state index contributed by atoms with van der Waals surface area (Å²) in [6.07, 6.45) is 0. The van der Waals surface area contributed by atoms with E-state index in [1.165, 1.54) is 16.7 Å². The quantitative estimate of drug-likeness (QED) is 0.822. The molecule has 0 spiro atoms. The van der Waals surface area contributed by atoms with Crippen LogP contribution < -0.4 is 15.4 Å². The average molecular weight is 314 g/mol. The highest BCUT2D eigenvalue weighted by Crippen LogP contribution is 2.19. The predicted octanol–water partition coefficient (Wildman–Crippen LogP) is 4.36. The molecule has 0 saturated carbocycles. The third-order valence-electron chi connectivity index (χ3n) is 3.59. The van der Waals surface area contributed by atoms with Crippen LogP contribution in [0.25, 0.3) is 0 Å². The van der Waals surface area contributed by atoms with E-state index in [0.29, 0.717) is 5.11 Å². The number of rotatable bonds is 4. The first-order chi connectivity index (χ1) is 10.5. The van der Waals surface area contributed by atoms with Crippen molar-refractivity contribution in [2.75, 3.05) is 12.4 Å². The van der Waals surface area contributed by atoms with E-state index in [9.17, 15) is 0 Å². The van der Waals surface area contributed by atoms with Crippen molar-refractivity contribution >= 4 is 23.0 Å². The van der Waals surface area contributed by atoms with Crippen LogP contribution in [-0.2, 0) is 0 Å². The Bertz CT molecular complexity index is 653. The monoisotopic (exact) mass is 314 g/mol. The van der Waals surface area contributed by atoms with Crippen molar-refractivity contribution in [3.63, 3.8) is 0 Å². The zero-order valence-electron chi connectivity index (χ0n) is 13.4. The van der Waals surface area contributed by atoms with Gasteiger partial charge in [0.2, 0.25) is 0 Å². The van der Waals surface area contributed by atoms with Crippen LogP contribution >= 0.6 is 12.2 Å². The topological polar surface area (TPSA) is 33.3 Å². The van der Waals surface area contributed by atoms with Gasteiger partial charge in [0, 0.05) is 5.69 Å². The van der Waals surface area contributed by atoms with Crippen molar-refractivity contribution in [2.24, 2.45) is 0 Å². The highest BCUT2D eigenvalue weighted by atomic mass is 32.1. The molecule has 0 aliphatic rings. The van der Waals surface area contributed by atoms with E-state index in [0.717, 1.165) is 11.4 Å². The number of thiocarbonyl (C=S) groups is 1. The minimum atomic E-state index is 0.152. The van der Waals surface area contributed by atoms with Gasteiger partial charge in [-0.1, -0.05) is 23.8 Å². The van der Waals surface area contributed by atoms with Crippen molar-refractivity contribution in [2.45, 2.75) is 26.8 Å². The van der Waals surface area contributed by atoms with Gasteiger partial charge >= 0.3 is 0 Å². The summed E-state index contributed by atoms with van der Waals surface area (Å²) in [5, 5.41) is 7.12. The molecule has 0 saturated heterocycles. The number of hydrogen-bond acceptors (Lipinski definition) is 2. The molecule has 0 aliphatic heterocycles. The molecule has 22 heavy (non-hydrogen) atoms. The number of anilines is 1. The van der Waals surface area contributed by atoms with Crippen LogP contribution in [0.1, 0.15) is 29.7 Å². The lowest BCUT2D eigenvalue weighted by Gasteiger charge is -2.19. The lowest BCUT2D eigenvalue weighted by Crippen LogP contribution is -2.31. The Kier molecular flexibility index (Phi) is 5.39. The fourth-order valence-electron chi connectivity index (χ4n) is 2.43. The Morgan fingerprint density at radius 2 is 1.77 bits per heavy atom. The Labute approximate surface area is 137 Å². The minimum Gasteiger partial charge on any atom is -0.497 e. The molecule has 0 fully saturated rings. The number of ether oxygens (including phenoxy) is 1. The normalized spacial score (nSPS) is 11.6. The molecule has 0 aliphatic carbocycles. The maximum Gasteiger partial charge on any atom is 0.171 e. The summed E-state index contributed by atoms with van der Waals surface area (Å²) in [6.45, 7) is 6.34. The van der Waals surface area contributed by atoms with Gasteiger partial charge in [-0.05, 0) is 68.4 Å². The maximum atomic E-state index is 5.39. The van der Waals surface area contributed by atoms with Crippen molar-refractivity contribution in [1.29, 1.82) is 0 Å². The first kappa shape index (κ1) is 16.3. The van der Waals surface area contributed by atoms with Gasteiger partial charge in [-0.25, -0.2) is 0 Å². The summed E-state index contributed by atoms with van der Waals surface area (Å²) in [7, 11) is 1.65. The lowest BCUT2D eigenvalue weighted by molar-refractivity contribution is 0.415. The molecule has 2 rings (SSSR count). The van der Waals surface area contributed by atoms with Crippen molar-refractivity contribution < 1.29 is 4.74 Å². The van der Waals surface area contributed by atoms with E-state index < -0.39 is 0 Å². The fraction of sp³-hybridized carbons (Fsp3) is 0.278. The maximum absolute atomic E-state index is 5.39. The molecule has 0 bridgehead atoms. The molecule has 2 N–H and O–H groups in total. The highest BCUT2D eigenvalue weighted by Gasteiger charge is 2.09. The molecular weight excluding hydrogens is 292 g/mol. The van der Waals surface area contributed by atoms with Crippen LogP contribution in [0.4, 0.5) is 5.69 Å². The standard InChI is InChI=1S/C18H22N2OS/c1-12-5-10-17(13(2)11-12)14(3)19-18(22)20-15-6-8-16(21-4)9-7-15/h5-11,14H,1-4H3,(H2,19,20,22)/t14-/m0/s1. The molecule has 1 atom stereocenters. The predicted molar refractivity (Wildman–Crippen MR) is 96.7 cm³/mol. The van der Waals surface area contributed by atoms with E-state index in [4.69, 9.17) is 17.0 Å².